The van der Waals surface area contributed by atoms with Gasteiger partial charge in [0, 0.05) is 38.8 Å². The first-order valence-electron chi connectivity index (χ1n) is 9.60. The van der Waals surface area contributed by atoms with Crippen LogP contribution >= 0.6 is 24.0 Å². The van der Waals surface area contributed by atoms with Crippen LogP contribution in [0.2, 0.25) is 0 Å². The summed E-state index contributed by atoms with van der Waals surface area (Å²) in [5, 5.41) is 7.00. The second-order valence-electron chi connectivity index (χ2n) is 7.11. The Labute approximate surface area is 165 Å². The van der Waals surface area contributed by atoms with Gasteiger partial charge in [0.1, 0.15) is 0 Å². The molecule has 0 spiro atoms. The van der Waals surface area contributed by atoms with E-state index in [0.29, 0.717) is 18.2 Å². The van der Waals surface area contributed by atoms with Crippen molar-refractivity contribution in [2.75, 3.05) is 32.7 Å². The molecule has 0 bridgehead atoms. The van der Waals surface area contributed by atoms with Crippen molar-refractivity contribution in [1.82, 2.24) is 15.5 Å². The quantitative estimate of drug-likeness (QED) is 0.282. The number of hydrogen-bond donors (Lipinski definition) is 2. The fourth-order valence-corrected chi connectivity index (χ4v) is 3.71. The van der Waals surface area contributed by atoms with Crippen LogP contribution in [0.4, 0.5) is 0 Å². The molecule has 2 unspecified atom stereocenters. The molecule has 2 N–H and O–H groups in total. The number of nitrogens with zero attached hydrogens (tertiary/aromatic N) is 2. The molecule has 1 saturated heterocycles. The Balaban J connectivity index is 0.00000288. The van der Waals surface area contributed by atoms with Gasteiger partial charge in [-0.15, -0.1) is 24.0 Å². The lowest BCUT2D eigenvalue weighted by molar-refractivity contribution is -0.0679. The highest BCUT2D eigenvalue weighted by molar-refractivity contribution is 14.0. The van der Waals surface area contributed by atoms with Crippen molar-refractivity contribution in [3.05, 3.63) is 0 Å². The molecule has 1 aliphatic heterocycles. The Morgan fingerprint density at radius 2 is 1.79 bits per heavy atom. The van der Waals surface area contributed by atoms with Gasteiger partial charge in [0.05, 0.1) is 12.2 Å². The number of hydrogen-bond acceptors (Lipinski definition) is 3. The first kappa shape index (κ1) is 22.0. The minimum absolute atomic E-state index is 0. The Bertz CT molecular complexity index is 351. The van der Waals surface area contributed by atoms with Gasteiger partial charge < -0.3 is 15.4 Å². The monoisotopic (exact) mass is 452 g/mol. The second kappa shape index (κ2) is 12.3. The maximum atomic E-state index is 5.79. The van der Waals surface area contributed by atoms with Crippen LogP contribution in [0.5, 0.6) is 0 Å². The van der Waals surface area contributed by atoms with Gasteiger partial charge in [0.15, 0.2) is 5.96 Å². The molecule has 2 fully saturated rings. The van der Waals surface area contributed by atoms with E-state index in [1.165, 1.54) is 32.1 Å². The average molecular weight is 452 g/mol. The van der Waals surface area contributed by atoms with Crippen LogP contribution in [-0.4, -0.2) is 61.8 Å². The number of nitrogens with one attached hydrogen (secondary N) is 2. The van der Waals surface area contributed by atoms with Gasteiger partial charge in [-0.25, -0.2) is 0 Å². The number of ether oxygens (including phenoxy) is 1. The summed E-state index contributed by atoms with van der Waals surface area (Å²) in [4.78, 5) is 7.28. The molecule has 0 aromatic heterocycles. The summed E-state index contributed by atoms with van der Waals surface area (Å²) >= 11 is 0. The van der Waals surface area contributed by atoms with E-state index in [1.807, 2.05) is 0 Å². The van der Waals surface area contributed by atoms with Crippen molar-refractivity contribution >= 4 is 29.9 Å². The van der Waals surface area contributed by atoms with Crippen molar-refractivity contribution in [3.8, 4) is 0 Å². The van der Waals surface area contributed by atoms with Gasteiger partial charge in [-0.3, -0.25) is 9.89 Å². The van der Waals surface area contributed by atoms with Crippen LogP contribution in [0.25, 0.3) is 0 Å². The van der Waals surface area contributed by atoms with E-state index < -0.39 is 0 Å². The van der Waals surface area contributed by atoms with E-state index in [9.17, 15) is 0 Å². The van der Waals surface area contributed by atoms with E-state index in [0.717, 1.165) is 45.1 Å². The fraction of sp³-hybridized carbons (Fsp3) is 0.944. The van der Waals surface area contributed by atoms with Crippen molar-refractivity contribution in [2.45, 2.75) is 77.5 Å². The minimum Gasteiger partial charge on any atom is -0.373 e. The topological polar surface area (TPSA) is 48.9 Å². The molecule has 6 heteroatoms. The molecule has 0 amide bonds. The zero-order valence-electron chi connectivity index (χ0n) is 15.7. The Morgan fingerprint density at radius 3 is 2.42 bits per heavy atom. The number of guanidine groups is 1. The van der Waals surface area contributed by atoms with Crippen LogP contribution in [0.3, 0.4) is 0 Å². The summed E-state index contributed by atoms with van der Waals surface area (Å²) in [6, 6.07) is 0.613. The van der Waals surface area contributed by atoms with Crippen LogP contribution in [0, 0.1) is 0 Å². The maximum absolute atomic E-state index is 5.79. The maximum Gasteiger partial charge on any atom is 0.191 e. The average Bonchev–Trinajstić information content (AvgIpc) is 2.52. The zero-order valence-corrected chi connectivity index (χ0v) is 18.1. The molecule has 1 saturated carbocycles. The van der Waals surface area contributed by atoms with E-state index >= 15 is 0 Å². The van der Waals surface area contributed by atoms with Crippen molar-refractivity contribution in [3.63, 3.8) is 0 Å². The highest BCUT2D eigenvalue weighted by atomic mass is 127. The van der Waals surface area contributed by atoms with Gasteiger partial charge in [-0.1, -0.05) is 19.3 Å². The van der Waals surface area contributed by atoms with Crippen molar-refractivity contribution in [2.24, 2.45) is 4.99 Å². The molecule has 0 radical (unpaired) electrons. The molecule has 2 atom stereocenters. The first-order valence-corrected chi connectivity index (χ1v) is 9.60. The van der Waals surface area contributed by atoms with Crippen LogP contribution in [-0.2, 0) is 4.74 Å². The summed E-state index contributed by atoms with van der Waals surface area (Å²) in [7, 11) is 0. The number of rotatable bonds is 6. The Kier molecular flexibility index (Phi) is 11.3. The molecule has 0 aromatic carbocycles. The first-order chi connectivity index (χ1) is 11.2. The largest absolute Gasteiger partial charge is 0.373 e. The Morgan fingerprint density at radius 1 is 1.12 bits per heavy atom. The SMILES string of the molecule is CCNC(=NCCCN1CC(C)OC(C)C1)NC1CCCCC1.I. The van der Waals surface area contributed by atoms with Crippen molar-refractivity contribution in [1.29, 1.82) is 0 Å². The van der Waals surface area contributed by atoms with Crippen molar-refractivity contribution < 1.29 is 4.74 Å². The number of morpholine rings is 1. The smallest absolute Gasteiger partial charge is 0.191 e. The Hall–Kier alpha value is -0.0800. The van der Waals surface area contributed by atoms with Gasteiger partial charge in [0.2, 0.25) is 0 Å². The predicted molar refractivity (Wildman–Crippen MR) is 112 cm³/mol. The summed E-state index contributed by atoms with van der Waals surface area (Å²) in [6.45, 7) is 11.5. The van der Waals surface area contributed by atoms with Gasteiger partial charge in [-0.2, -0.15) is 0 Å². The molecule has 24 heavy (non-hydrogen) atoms. The normalized spacial score (nSPS) is 26.7. The molecular formula is C18H37IN4O. The lowest BCUT2D eigenvalue weighted by Crippen LogP contribution is -2.46. The lowest BCUT2D eigenvalue weighted by atomic mass is 9.96. The molecule has 2 aliphatic rings. The minimum atomic E-state index is 0. The van der Waals surface area contributed by atoms with Gasteiger partial charge in [0.25, 0.3) is 0 Å². The van der Waals surface area contributed by atoms with Crippen LogP contribution in [0.1, 0.15) is 59.3 Å². The molecule has 2 rings (SSSR count). The second-order valence-corrected chi connectivity index (χ2v) is 7.11. The third-order valence-electron chi connectivity index (χ3n) is 4.69. The molecule has 142 valence electrons. The highest BCUT2D eigenvalue weighted by Gasteiger charge is 2.21. The van der Waals surface area contributed by atoms with Gasteiger partial charge >= 0.3 is 0 Å². The summed E-state index contributed by atoms with van der Waals surface area (Å²) in [6.07, 6.45) is 8.49. The highest BCUT2D eigenvalue weighted by Crippen LogP contribution is 2.17. The number of aliphatic imine (C=N–C) groups is 1. The molecular weight excluding hydrogens is 415 g/mol. The molecule has 1 heterocycles. The van der Waals surface area contributed by atoms with E-state index in [1.54, 1.807) is 0 Å². The summed E-state index contributed by atoms with van der Waals surface area (Å²) < 4.78 is 5.79. The zero-order chi connectivity index (χ0) is 16.5. The summed E-state index contributed by atoms with van der Waals surface area (Å²) in [5.74, 6) is 1.00. The van der Waals surface area contributed by atoms with Gasteiger partial charge in [-0.05, 0) is 40.0 Å². The van der Waals surface area contributed by atoms with E-state index in [-0.39, 0.29) is 24.0 Å². The van der Waals surface area contributed by atoms with E-state index in [4.69, 9.17) is 9.73 Å². The number of halogens is 1. The lowest BCUT2D eigenvalue weighted by Gasteiger charge is -2.35. The molecule has 5 nitrogen and oxygen atoms in total. The summed E-state index contributed by atoms with van der Waals surface area (Å²) in [5.41, 5.74) is 0. The third kappa shape index (κ3) is 8.34. The molecule has 1 aliphatic carbocycles. The fourth-order valence-electron chi connectivity index (χ4n) is 3.71. The van der Waals surface area contributed by atoms with Crippen LogP contribution in [0.15, 0.2) is 4.99 Å². The third-order valence-corrected chi connectivity index (χ3v) is 4.69. The predicted octanol–water partition coefficient (Wildman–Crippen LogP) is 2.99. The molecule has 0 aromatic rings. The van der Waals surface area contributed by atoms with E-state index in [2.05, 4.69) is 36.3 Å². The standard InChI is InChI=1S/C18H36N4O.HI/c1-4-19-18(21-17-9-6-5-7-10-17)20-11-8-12-22-13-15(2)23-16(3)14-22;/h15-17H,4-14H2,1-3H3,(H2,19,20,21);1H. The van der Waals surface area contributed by atoms with Crippen LogP contribution < -0.4 is 10.6 Å².